The summed E-state index contributed by atoms with van der Waals surface area (Å²) in [6, 6.07) is 12.6. The molecule has 0 aliphatic rings. The van der Waals surface area contributed by atoms with Gasteiger partial charge in [0.25, 0.3) is 5.91 Å². The first-order chi connectivity index (χ1) is 12.6. The van der Waals surface area contributed by atoms with Crippen molar-refractivity contribution in [1.82, 2.24) is 4.31 Å². The lowest BCUT2D eigenvalue weighted by molar-refractivity contribution is -0.122. The molecular formula is C19H23ClN2O4S. The molecule has 0 saturated carbocycles. The van der Waals surface area contributed by atoms with Crippen LogP contribution in [0.4, 0.5) is 5.69 Å². The van der Waals surface area contributed by atoms with E-state index in [0.717, 1.165) is 0 Å². The van der Waals surface area contributed by atoms with Crippen LogP contribution in [0.2, 0.25) is 5.02 Å². The van der Waals surface area contributed by atoms with E-state index in [0.29, 0.717) is 16.5 Å². The van der Waals surface area contributed by atoms with Crippen molar-refractivity contribution in [2.45, 2.75) is 37.8 Å². The van der Waals surface area contributed by atoms with Gasteiger partial charge < -0.3 is 10.1 Å². The summed E-state index contributed by atoms with van der Waals surface area (Å²) in [5.41, 5.74) is 0.484. The van der Waals surface area contributed by atoms with Gasteiger partial charge in [0.1, 0.15) is 5.75 Å². The molecule has 0 fully saturated rings. The minimum atomic E-state index is -3.56. The van der Waals surface area contributed by atoms with Crippen molar-refractivity contribution < 1.29 is 17.9 Å². The zero-order valence-electron chi connectivity index (χ0n) is 15.6. The Morgan fingerprint density at radius 3 is 2.11 bits per heavy atom. The number of anilines is 1. The van der Waals surface area contributed by atoms with Gasteiger partial charge in [-0.1, -0.05) is 11.6 Å². The van der Waals surface area contributed by atoms with E-state index in [1.165, 1.54) is 23.5 Å². The molecule has 1 atom stereocenters. The Kier molecular flexibility index (Phi) is 6.86. The largest absolute Gasteiger partial charge is 0.481 e. The molecule has 0 aliphatic heterocycles. The van der Waals surface area contributed by atoms with Crippen LogP contribution in [0.1, 0.15) is 20.8 Å². The number of amides is 1. The number of rotatable bonds is 7. The molecule has 0 spiro atoms. The van der Waals surface area contributed by atoms with Crippen LogP contribution in [0, 0.1) is 0 Å². The molecule has 146 valence electrons. The predicted octanol–water partition coefficient (Wildman–Crippen LogP) is 3.77. The third kappa shape index (κ3) is 5.45. The number of hydrogen-bond acceptors (Lipinski definition) is 4. The van der Waals surface area contributed by atoms with Crippen LogP contribution in [-0.2, 0) is 14.8 Å². The number of nitrogens with one attached hydrogen (secondary N) is 1. The smallest absolute Gasteiger partial charge is 0.265 e. The Balaban J connectivity index is 2.03. The van der Waals surface area contributed by atoms with Gasteiger partial charge in [-0.25, -0.2) is 8.42 Å². The molecule has 6 nitrogen and oxygen atoms in total. The molecule has 1 amide bonds. The van der Waals surface area contributed by atoms with Crippen LogP contribution >= 0.6 is 11.6 Å². The van der Waals surface area contributed by atoms with E-state index < -0.39 is 16.1 Å². The van der Waals surface area contributed by atoms with Gasteiger partial charge in [-0.2, -0.15) is 4.31 Å². The Morgan fingerprint density at radius 1 is 1.04 bits per heavy atom. The van der Waals surface area contributed by atoms with E-state index >= 15 is 0 Å². The zero-order chi connectivity index (χ0) is 20.2. The maximum atomic E-state index is 12.5. The fourth-order valence-corrected chi connectivity index (χ4v) is 3.66. The van der Waals surface area contributed by atoms with Gasteiger partial charge >= 0.3 is 0 Å². The molecule has 1 unspecified atom stereocenters. The Bertz CT molecular complexity index is 881. The number of carbonyl (C=O) groups excluding carboxylic acids is 1. The van der Waals surface area contributed by atoms with Crippen molar-refractivity contribution >= 4 is 33.2 Å². The number of hydrogen-bond donors (Lipinski definition) is 1. The predicted molar refractivity (Wildman–Crippen MR) is 107 cm³/mol. The van der Waals surface area contributed by atoms with Crippen molar-refractivity contribution in [2.24, 2.45) is 0 Å². The summed E-state index contributed by atoms with van der Waals surface area (Å²) in [7, 11) is -2.03. The second-order valence-corrected chi connectivity index (χ2v) is 8.78. The molecule has 2 aromatic carbocycles. The molecule has 8 heteroatoms. The van der Waals surface area contributed by atoms with Gasteiger partial charge in [-0.05, 0) is 69.3 Å². The highest BCUT2D eigenvalue weighted by Crippen LogP contribution is 2.20. The zero-order valence-corrected chi connectivity index (χ0v) is 17.2. The summed E-state index contributed by atoms with van der Waals surface area (Å²) in [4.78, 5) is 12.4. The first-order valence-electron chi connectivity index (χ1n) is 8.42. The maximum absolute atomic E-state index is 12.5. The number of ether oxygens (including phenoxy) is 1. The van der Waals surface area contributed by atoms with E-state index in [-0.39, 0.29) is 16.8 Å². The van der Waals surface area contributed by atoms with Gasteiger partial charge in [0.15, 0.2) is 6.10 Å². The molecule has 2 aromatic rings. The van der Waals surface area contributed by atoms with E-state index in [1.54, 1.807) is 57.2 Å². The summed E-state index contributed by atoms with van der Waals surface area (Å²) in [5.74, 6) is 0.181. The van der Waals surface area contributed by atoms with Crippen molar-refractivity contribution in [1.29, 1.82) is 0 Å². The standard InChI is InChI=1S/C19H23ClN2O4S/c1-13(2)22(4)27(24,25)18-11-7-16(8-12-18)21-19(23)14(3)26-17-9-5-15(20)6-10-17/h5-14H,1-4H3,(H,21,23). The molecule has 0 bridgehead atoms. The summed E-state index contributed by atoms with van der Waals surface area (Å²) < 4.78 is 31.8. The second-order valence-electron chi connectivity index (χ2n) is 6.34. The van der Waals surface area contributed by atoms with Gasteiger partial charge in [-0.3, -0.25) is 4.79 Å². The monoisotopic (exact) mass is 410 g/mol. The molecule has 0 heterocycles. The first-order valence-corrected chi connectivity index (χ1v) is 10.2. The molecular weight excluding hydrogens is 388 g/mol. The molecule has 0 radical (unpaired) electrons. The normalized spacial score (nSPS) is 12.9. The topological polar surface area (TPSA) is 75.7 Å². The van der Waals surface area contributed by atoms with Crippen molar-refractivity contribution in [3.8, 4) is 5.75 Å². The lowest BCUT2D eigenvalue weighted by Gasteiger charge is -2.21. The van der Waals surface area contributed by atoms with Crippen LogP contribution < -0.4 is 10.1 Å². The van der Waals surface area contributed by atoms with Gasteiger partial charge in [0, 0.05) is 23.8 Å². The molecule has 1 N–H and O–H groups in total. The highest BCUT2D eigenvalue weighted by Gasteiger charge is 2.23. The summed E-state index contributed by atoms with van der Waals surface area (Å²) in [6.07, 6.45) is -0.735. The molecule has 27 heavy (non-hydrogen) atoms. The van der Waals surface area contributed by atoms with Crippen LogP contribution in [0.5, 0.6) is 5.75 Å². The Hall–Kier alpha value is -2.09. The van der Waals surface area contributed by atoms with E-state index in [2.05, 4.69) is 5.32 Å². The highest BCUT2D eigenvalue weighted by molar-refractivity contribution is 7.89. The van der Waals surface area contributed by atoms with Crippen LogP contribution in [0.15, 0.2) is 53.4 Å². The third-order valence-corrected chi connectivity index (χ3v) is 6.32. The molecule has 0 saturated heterocycles. The number of carbonyl (C=O) groups is 1. The molecule has 2 rings (SSSR count). The van der Waals surface area contributed by atoms with Crippen LogP contribution in [0.3, 0.4) is 0 Å². The number of benzene rings is 2. The molecule has 0 aromatic heterocycles. The summed E-state index contributed by atoms with van der Waals surface area (Å²) >= 11 is 5.82. The number of sulfonamides is 1. The number of halogens is 1. The second kappa shape index (κ2) is 8.73. The lowest BCUT2D eigenvalue weighted by atomic mass is 10.3. The Morgan fingerprint density at radius 2 is 1.59 bits per heavy atom. The average Bonchev–Trinajstić information content (AvgIpc) is 2.63. The Labute approximate surface area is 165 Å². The fourth-order valence-electron chi connectivity index (χ4n) is 2.17. The molecule has 0 aliphatic carbocycles. The summed E-state index contributed by atoms with van der Waals surface area (Å²) in [6.45, 7) is 5.22. The summed E-state index contributed by atoms with van der Waals surface area (Å²) in [5, 5.41) is 3.29. The first kappa shape index (κ1) is 21.2. The van der Waals surface area contributed by atoms with E-state index in [1.807, 2.05) is 0 Å². The minimum Gasteiger partial charge on any atom is -0.481 e. The number of nitrogens with zero attached hydrogens (tertiary/aromatic N) is 1. The average molecular weight is 411 g/mol. The van der Waals surface area contributed by atoms with Crippen LogP contribution in [-0.4, -0.2) is 37.8 Å². The maximum Gasteiger partial charge on any atom is 0.265 e. The van der Waals surface area contributed by atoms with Gasteiger partial charge in [-0.15, -0.1) is 0 Å². The van der Waals surface area contributed by atoms with Crippen molar-refractivity contribution in [3.63, 3.8) is 0 Å². The quantitative estimate of drug-likeness (QED) is 0.753. The lowest BCUT2D eigenvalue weighted by Crippen LogP contribution is -2.33. The fraction of sp³-hybridized carbons (Fsp3) is 0.316. The van der Waals surface area contributed by atoms with Crippen molar-refractivity contribution in [2.75, 3.05) is 12.4 Å². The van der Waals surface area contributed by atoms with Crippen molar-refractivity contribution in [3.05, 3.63) is 53.6 Å². The minimum absolute atomic E-state index is 0.153. The van der Waals surface area contributed by atoms with E-state index in [4.69, 9.17) is 16.3 Å². The van der Waals surface area contributed by atoms with Gasteiger partial charge in [0.05, 0.1) is 4.90 Å². The van der Waals surface area contributed by atoms with Crippen LogP contribution in [0.25, 0.3) is 0 Å². The van der Waals surface area contributed by atoms with Gasteiger partial charge in [0.2, 0.25) is 10.0 Å². The highest BCUT2D eigenvalue weighted by atomic mass is 35.5. The third-order valence-electron chi connectivity index (χ3n) is 4.02. The SMILES string of the molecule is CC(Oc1ccc(Cl)cc1)C(=O)Nc1ccc(S(=O)(=O)N(C)C(C)C)cc1. The van der Waals surface area contributed by atoms with E-state index in [9.17, 15) is 13.2 Å².